The zero-order valence-electron chi connectivity index (χ0n) is 13.5. The fraction of sp³-hybridized carbons (Fsp3) is 0.250. The highest BCUT2D eigenvalue weighted by Gasteiger charge is 2.29. The molecule has 0 aliphatic carbocycles. The molecule has 0 aliphatic heterocycles. The predicted molar refractivity (Wildman–Crippen MR) is 84.8 cm³/mol. The molecule has 2 aromatic rings. The van der Waals surface area contributed by atoms with Gasteiger partial charge in [-0.15, -0.1) is 0 Å². The first-order valence-electron chi connectivity index (χ1n) is 7.34. The van der Waals surface area contributed by atoms with Gasteiger partial charge in [-0.1, -0.05) is 12.1 Å². The summed E-state index contributed by atoms with van der Waals surface area (Å²) in [5.41, 5.74) is 0.331. The van der Waals surface area contributed by atoms with Crippen molar-refractivity contribution in [2.45, 2.75) is 19.6 Å². The Balaban J connectivity index is 2.11. The fourth-order valence-electron chi connectivity index (χ4n) is 2.18. The van der Waals surface area contributed by atoms with E-state index < -0.39 is 23.6 Å². The number of nitrogens with zero attached hydrogens (tertiary/aromatic N) is 2. The highest BCUT2D eigenvalue weighted by Crippen LogP contribution is 2.22. The van der Waals surface area contributed by atoms with Gasteiger partial charge in [0.25, 0.3) is 11.6 Å². The largest absolute Gasteiger partial charge is 0.468 e. The van der Waals surface area contributed by atoms with Crippen molar-refractivity contribution < 1.29 is 27.6 Å². The summed E-state index contributed by atoms with van der Waals surface area (Å²) in [4.78, 5) is 26.3. The van der Waals surface area contributed by atoms with Crippen LogP contribution in [0.3, 0.4) is 0 Å². The Hall–Kier alpha value is -3.17. The van der Waals surface area contributed by atoms with Crippen LogP contribution in [0.5, 0.6) is 5.88 Å². The summed E-state index contributed by atoms with van der Waals surface area (Å²) >= 11 is 0. The van der Waals surface area contributed by atoms with Crippen LogP contribution >= 0.6 is 0 Å². The van der Waals surface area contributed by atoms with Gasteiger partial charge in [-0.25, -0.2) is 4.98 Å². The van der Waals surface area contributed by atoms with E-state index in [0.717, 1.165) is 0 Å². The molecule has 0 atom stereocenters. The Kier molecular flexibility index (Phi) is 5.75. The van der Waals surface area contributed by atoms with Gasteiger partial charge in [0.1, 0.15) is 0 Å². The maximum Gasteiger partial charge on any atom is 0.422 e. The normalized spacial score (nSPS) is 11.1. The van der Waals surface area contributed by atoms with Gasteiger partial charge < -0.3 is 10.1 Å². The van der Waals surface area contributed by atoms with Gasteiger partial charge in [-0.2, -0.15) is 13.2 Å². The number of halogens is 3. The van der Waals surface area contributed by atoms with Crippen molar-refractivity contribution in [3.8, 4) is 5.88 Å². The summed E-state index contributed by atoms with van der Waals surface area (Å²) in [6.07, 6.45) is -3.25. The summed E-state index contributed by atoms with van der Waals surface area (Å²) in [5, 5.41) is 13.4. The Bertz CT molecular complexity index is 825. The van der Waals surface area contributed by atoms with Crippen molar-refractivity contribution >= 4 is 11.6 Å². The van der Waals surface area contributed by atoms with E-state index in [2.05, 4.69) is 15.0 Å². The molecule has 0 radical (unpaired) electrons. The summed E-state index contributed by atoms with van der Waals surface area (Å²) in [7, 11) is 0. The first-order chi connectivity index (χ1) is 12.2. The molecule has 1 N–H and O–H groups in total. The van der Waals surface area contributed by atoms with Crippen LogP contribution in [-0.4, -0.2) is 28.6 Å². The van der Waals surface area contributed by atoms with Crippen LogP contribution in [0, 0.1) is 17.0 Å². The number of benzene rings is 1. The van der Waals surface area contributed by atoms with Gasteiger partial charge in [-0.05, 0) is 19.1 Å². The number of nitro groups is 1. The predicted octanol–water partition coefficient (Wildman–Crippen LogP) is 3.17. The molecule has 0 spiro atoms. The lowest BCUT2D eigenvalue weighted by atomic mass is 10.1. The van der Waals surface area contributed by atoms with E-state index in [1.165, 1.54) is 43.5 Å². The van der Waals surface area contributed by atoms with E-state index in [9.17, 15) is 28.1 Å². The fourth-order valence-corrected chi connectivity index (χ4v) is 2.18. The number of alkyl halides is 3. The lowest BCUT2D eigenvalue weighted by Crippen LogP contribution is -2.25. The van der Waals surface area contributed by atoms with Crippen molar-refractivity contribution in [1.82, 2.24) is 10.3 Å². The van der Waals surface area contributed by atoms with Crippen molar-refractivity contribution in [3.05, 3.63) is 63.3 Å². The molecule has 10 heteroatoms. The van der Waals surface area contributed by atoms with Crippen LogP contribution in [0.15, 0.2) is 36.5 Å². The minimum atomic E-state index is -4.52. The second kappa shape index (κ2) is 7.81. The molecule has 1 aromatic heterocycles. The molecule has 1 aromatic carbocycles. The standard InChI is InChI=1S/C16H14F3N3O4/c1-10-12(5-2-6-13(10)22(24)25)14(23)21-8-11-4-3-7-20-15(11)26-9-16(17,18)19/h2-7H,8-9H2,1H3,(H,21,23). The van der Waals surface area contributed by atoms with E-state index in [0.29, 0.717) is 0 Å². The van der Waals surface area contributed by atoms with Crippen LogP contribution in [0.2, 0.25) is 0 Å². The number of hydrogen-bond acceptors (Lipinski definition) is 5. The lowest BCUT2D eigenvalue weighted by molar-refractivity contribution is -0.385. The van der Waals surface area contributed by atoms with Gasteiger partial charge in [-0.3, -0.25) is 14.9 Å². The number of pyridine rings is 1. The smallest absolute Gasteiger partial charge is 0.422 e. The molecule has 26 heavy (non-hydrogen) atoms. The molecule has 0 bridgehead atoms. The highest BCUT2D eigenvalue weighted by atomic mass is 19.4. The third-order valence-corrected chi connectivity index (χ3v) is 3.41. The first-order valence-corrected chi connectivity index (χ1v) is 7.34. The number of carbonyl (C=O) groups is 1. The average Bonchev–Trinajstić information content (AvgIpc) is 2.57. The average molecular weight is 369 g/mol. The van der Waals surface area contributed by atoms with E-state index in [4.69, 9.17) is 0 Å². The molecule has 0 aliphatic rings. The van der Waals surface area contributed by atoms with E-state index in [1.54, 1.807) is 0 Å². The minimum absolute atomic E-state index is 0.0980. The van der Waals surface area contributed by atoms with Crippen molar-refractivity contribution in [1.29, 1.82) is 0 Å². The number of ether oxygens (including phenoxy) is 1. The summed E-state index contributed by atoms with van der Waals surface area (Å²) in [5.74, 6) is -0.849. The van der Waals surface area contributed by atoms with E-state index in [1.807, 2.05) is 0 Å². The number of nitro benzene ring substituents is 1. The topological polar surface area (TPSA) is 94.4 Å². The van der Waals surface area contributed by atoms with Gasteiger partial charge >= 0.3 is 6.18 Å². The third kappa shape index (κ3) is 4.91. The Labute approximate surface area is 146 Å². The summed E-state index contributed by atoms with van der Waals surface area (Å²) in [6, 6.07) is 7.01. The number of carbonyl (C=O) groups excluding carboxylic acids is 1. The summed E-state index contributed by atoms with van der Waals surface area (Å²) in [6.45, 7) is -0.216. The minimum Gasteiger partial charge on any atom is -0.468 e. The Morgan fingerprint density at radius 1 is 1.31 bits per heavy atom. The molecule has 2 rings (SSSR count). The SMILES string of the molecule is Cc1c(C(=O)NCc2cccnc2OCC(F)(F)F)cccc1[N+](=O)[O-]. The highest BCUT2D eigenvalue weighted by molar-refractivity contribution is 5.96. The second-order valence-corrected chi connectivity index (χ2v) is 5.26. The van der Waals surface area contributed by atoms with Crippen LogP contribution in [0.1, 0.15) is 21.5 Å². The van der Waals surface area contributed by atoms with Crippen LogP contribution in [0.4, 0.5) is 18.9 Å². The zero-order valence-corrected chi connectivity index (χ0v) is 13.5. The second-order valence-electron chi connectivity index (χ2n) is 5.26. The molecule has 7 nitrogen and oxygen atoms in total. The quantitative estimate of drug-likeness (QED) is 0.623. The van der Waals surface area contributed by atoms with E-state index >= 15 is 0 Å². The summed E-state index contributed by atoms with van der Waals surface area (Å²) < 4.78 is 41.5. The number of rotatable bonds is 6. The van der Waals surface area contributed by atoms with Crippen LogP contribution < -0.4 is 10.1 Å². The molecular weight excluding hydrogens is 355 g/mol. The Morgan fingerprint density at radius 3 is 2.69 bits per heavy atom. The number of amides is 1. The van der Waals surface area contributed by atoms with Crippen molar-refractivity contribution in [3.63, 3.8) is 0 Å². The molecule has 1 amide bonds. The third-order valence-electron chi connectivity index (χ3n) is 3.41. The number of aromatic nitrogens is 1. The zero-order chi connectivity index (χ0) is 19.3. The van der Waals surface area contributed by atoms with Gasteiger partial charge in [0.05, 0.1) is 4.92 Å². The molecule has 0 unspecified atom stereocenters. The van der Waals surface area contributed by atoms with Crippen molar-refractivity contribution in [2.75, 3.05) is 6.61 Å². The maximum atomic E-state index is 12.3. The molecular formula is C16H14F3N3O4. The van der Waals surface area contributed by atoms with Crippen LogP contribution in [-0.2, 0) is 6.54 Å². The van der Waals surface area contributed by atoms with Crippen molar-refractivity contribution in [2.24, 2.45) is 0 Å². The monoisotopic (exact) mass is 369 g/mol. The number of hydrogen-bond donors (Lipinski definition) is 1. The number of nitrogens with one attached hydrogen (secondary N) is 1. The molecule has 138 valence electrons. The van der Waals surface area contributed by atoms with Crippen LogP contribution in [0.25, 0.3) is 0 Å². The van der Waals surface area contributed by atoms with Gasteiger partial charge in [0.15, 0.2) is 6.61 Å². The maximum absolute atomic E-state index is 12.3. The first kappa shape index (κ1) is 19.2. The molecule has 1 heterocycles. The van der Waals surface area contributed by atoms with Gasteiger partial charge in [0, 0.05) is 35.5 Å². The molecule has 0 fully saturated rings. The van der Waals surface area contributed by atoms with Gasteiger partial charge in [0.2, 0.25) is 5.88 Å². The Morgan fingerprint density at radius 2 is 2.04 bits per heavy atom. The molecule has 0 saturated heterocycles. The molecule has 0 saturated carbocycles. The van der Waals surface area contributed by atoms with E-state index in [-0.39, 0.29) is 34.8 Å². The lowest BCUT2D eigenvalue weighted by Gasteiger charge is -2.13.